The molecule has 0 bridgehead atoms. The Kier molecular flexibility index (Phi) is 5.92. The number of carbonyl (C=O) groups excluding carboxylic acids is 1. The van der Waals surface area contributed by atoms with Crippen LogP contribution >= 0.6 is 0 Å². The van der Waals surface area contributed by atoms with Gasteiger partial charge in [0.25, 0.3) is 5.91 Å². The van der Waals surface area contributed by atoms with Crippen molar-refractivity contribution in [2.75, 3.05) is 13.1 Å². The highest BCUT2D eigenvalue weighted by molar-refractivity contribution is 5.94. The molecule has 1 saturated heterocycles. The summed E-state index contributed by atoms with van der Waals surface area (Å²) in [5.41, 5.74) is 4.87. The molecule has 5 rings (SSSR count). The van der Waals surface area contributed by atoms with Gasteiger partial charge in [-0.15, -0.1) is 0 Å². The maximum Gasteiger partial charge on any atom is 0.274 e. The third kappa shape index (κ3) is 4.39. The summed E-state index contributed by atoms with van der Waals surface area (Å²) in [6.07, 6.45) is 8.85. The van der Waals surface area contributed by atoms with Crippen molar-refractivity contribution in [2.45, 2.75) is 39.3 Å². The van der Waals surface area contributed by atoms with Gasteiger partial charge in [0.2, 0.25) is 0 Å². The van der Waals surface area contributed by atoms with Crippen LogP contribution in [0, 0.1) is 12.7 Å². The van der Waals surface area contributed by atoms with E-state index in [9.17, 15) is 9.18 Å². The summed E-state index contributed by atoms with van der Waals surface area (Å²) < 4.78 is 17.2. The van der Waals surface area contributed by atoms with Gasteiger partial charge in [-0.3, -0.25) is 4.79 Å². The van der Waals surface area contributed by atoms with E-state index in [1.165, 1.54) is 18.6 Å². The molecule has 1 amide bonds. The van der Waals surface area contributed by atoms with Crippen molar-refractivity contribution in [1.29, 1.82) is 0 Å². The van der Waals surface area contributed by atoms with E-state index in [2.05, 4.69) is 10.4 Å². The summed E-state index contributed by atoms with van der Waals surface area (Å²) in [5, 5.41) is 7.77. The molecule has 0 saturated carbocycles. The number of piperidine rings is 1. The molecule has 1 aliphatic rings. The molecule has 1 fully saturated rings. The lowest BCUT2D eigenvalue weighted by Gasteiger charge is -2.26. The Bertz CT molecular complexity index is 1290. The number of pyridine rings is 1. The molecule has 4 aromatic rings. The first-order valence-electron chi connectivity index (χ1n) is 11.4. The number of fused-ring (bicyclic) bond motifs is 1. The van der Waals surface area contributed by atoms with Crippen LogP contribution in [0.25, 0.3) is 11.3 Å². The lowest BCUT2D eigenvalue weighted by molar-refractivity contribution is 0.0717. The minimum absolute atomic E-state index is 0.00789. The fourth-order valence-corrected chi connectivity index (χ4v) is 4.38. The van der Waals surface area contributed by atoms with Crippen LogP contribution in [-0.4, -0.2) is 43.1 Å². The number of likely N-dealkylation sites (tertiary alicyclic amines) is 1. The molecular formula is C25H27FN6O. The van der Waals surface area contributed by atoms with Crippen LogP contribution in [0.5, 0.6) is 0 Å². The maximum absolute atomic E-state index is 13.5. The quantitative estimate of drug-likeness (QED) is 0.488. The normalized spacial score (nSPS) is 14.2. The molecule has 170 valence electrons. The van der Waals surface area contributed by atoms with Crippen molar-refractivity contribution in [3.63, 3.8) is 0 Å². The van der Waals surface area contributed by atoms with Crippen molar-refractivity contribution < 1.29 is 9.18 Å². The van der Waals surface area contributed by atoms with Gasteiger partial charge in [-0.1, -0.05) is 12.1 Å². The predicted molar refractivity (Wildman–Crippen MR) is 124 cm³/mol. The minimum Gasteiger partial charge on any atom is -0.337 e. The molecule has 3 aromatic heterocycles. The van der Waals surface area contributed by atoms with E-state index in [0.717, 1.165) is 48.4 Å². The average Bonchev–Trinajstić information content (AvgIpc) is 3.45. The minimum atomic E-state index is -0.295. The highest BCUT2D eigenvalue weighted by Crippen LogP contribution is 2.20. The summed E-state index contributed by atoms with van der Waals surface area (Å²) in [7, 11) is 0. The Labute approximate surface area is 191 Å². The van der Waals surface area contributed by atoms with E-state index in [4.69, 9.17) is 4.98 Å². The van der Waals surface area contributed by atoms with E-state index in [0.29, 0.717) is 24.5 Å². The summed E-state index contributed by atoms with van der Waals surface area (Å²) in [6, 6.07) is 10.3. The van der Waals surface area contributed by atoms with Crippen molar-refractivity contribution in [2.24, 2.45) is 0 Å². The molecule has 8 heteroatoms. The largest absolute Gasteiger partial charge is 0.337 e. The molecule has 7 nitrogen and oxygen atoms in total. The second-order valence-corrected chi connectivity index (χ2v) is 8.52. The van der Waals surface area contributed by atoms with Gasteiger partial charge < -0.3 is 14.6 Å². The number of aryl methyl sites for hydroxylation is 1. The van der Waals surface area contributed by atoms with Crippen LogP contribution in [0.4, 0.5) is 4.39 Å². The Morgan fingerprint density at radius 1 is 1.12 bits per heavy atom. The number of amides is 1. The zero-order chi connectivity index (χ0) is 22.8. The van der Waals surface area contributed by atoms with E-state index >= 15 is 0 Å². The Morgan fingerprint density at radius 2 is 1.97 bits per heavy atom. The number of carbonyl (C=O) groups is 1. The van der Waals surface area contributed by atoms with Crippen molar-refractivity contribution in [3.8, 4) is 5.69 Å². The molecule has 4 heterocycles. The van der Waals surface area contributed by atoms with Crippen LogP contribution in [-0.2, 0) is 13.1 Å². The molecule has 0 aliphatic carbocycles. The summed E-state index contributed by atoms with van der Waals surface area (Å²) in [6.45, 7) is 4.64. The first kappa shape index (κ1) is 21.3. The molecule has 1 N–H and O–H groups in total. The summed E-state index contributed by atoms with van der Waals surface area (Å²) >= 11 is 0. The number of imidazole rings is 1. The standard InChI is InChI=1S/C25H27FN6O/c1-18-7-6-12-31-22(23(29-24(18)31)25(33)30-10-3-2-4-11-30)16-27-14-19-15-28-32(17-19)21-9-5-8-20(26)13-21/h5-9,12-13,15,17,27H,2-4,10-11,14,16H2,1H3. The topological polar surface area (TPSA) is 67.5 Å². The smallest absolute Gasteiger partial charge is 0.274 e. The van der Waals surface area contributed by atoms with E-state index in [-0.39, 0.29) is 11.7 Å². The van der Waals surface area contributed by atoms with Gasteiger partial charge in [0.05, 0.1) is 17.6 Å². The molecule has 33 heavy (non-hydrogen) atoms. The third-order valence-electron chi connectivity index (χ3n) is 6.12. The molecule has 1 aliphatic heterocycles. The number of hydrogen-bond donors (Lipinski definition) is 1. The van der Waals surface area contributed by atoms with Crippen molar-refractivity contribution in [1.82, 2.24) is 29.4 Å². The molecule has 0 radical (unpaired) electrons. The van der Waals surface area contributed by atoms with Crippen LogP contribution in [0.2, 0.25) is 0 Å². The van der Waals surface area contributed by atoms with Crippen molar-refractivity contribution in [3.05, 3.63) is 83.3 Å². The van der Waals surface area contributed by atoms with E-state index in [1.54, 1.807) is 16.9 Å². The first-order valence-corrected chi connectivity index (χ1v) is 11.4. The first-order chi connectivity index (χ1) is 16.1. The zero-order valence-electron chi connectivity index (χ0n) is 18.7. The third-order valence-corrected chi connectivity index (χ3v) is 6.12. The van der Waals surface area contributed by atoms with E-state index in [1.807, 2.05) is 46.8 Å². The molecule has 0 unspecified atom stereocenters. The van der Waals surface area contributed by atoms with Crippen LogP contribution in [0.15, 0.2) is 55.0 Å². The van der Waals surface area contributed by atoms with Gasteiger partial charge >= 0.3 is 0 Å². The number of nitrogens with one attached hydrogen (secondary N) is 1. The van der Waals surface area contributed by atoms with Gasteiger partial charge in [-0.25, -0.2) is 14.1 Å². The number of nitrogens with zero attached hydrogens (tertiary/aromatic N) is 5. The number of benzene rings is 1. The highest BCUT2D eigenvalue weighted by Gasteiger charge is 2.25. The van der Waals surface area contributed by atoms with Crippen LogP contribution in [0.3, 0.4) is 0 Å². The molecule has 0 spiro atoms. The Hall–Kier alpha value is -3.52. The fraction of sp³-hybridized carbons (Fsp3) is 0.320. The predicted octanol–water partition coefficient (Wildman–Crippen LogP) is 3.88. The average molecular weight is 447 g/mol. The molecule has 1 aromatic carbocycles. The second-order valence-electron chi connectivity index (χ2n) is 8.52. The highest BCUT2D eigenvalue weighted by atomic mass is 19.1. The van der Waals surface area contributed by atoms with Crippen LogP contribution in [0.1, 0.15) is 46.6 Å². The van der Waals surface area contributed by atoms with E-state index < -0.39 is 0 Å². The number of halogens is 1. The molecule has 0 atom stereocenters. The zero-order valence-corrected chi connectivity index (χ0v) is 18.7. The van der Waals surface area contributed by atoms with Gasteiger partial charge in [-0.2, -0.15) is 5.10 Å². The van der Waals surface area contributed by atoms with Gasteiger partial charge in [-0.05, 0) is 56.0 Å². The van der Waals surface area contributed by atoms with Gasteiger partial charge in [0, 0.05) is 44.1 Å². The Balaban J connectivity index is 1.35. The second kappa shape index (κ2) is 9.15. The Morgan fingerprint density at radius 3 is 2.79 bits per heavy atom. The van der Waals surface area contributed by atoms with Crippen LogP contribution < -0.4 is 5.32 Å². The monoisotopic (exact) mass is 446 g/mol. The van der Waals surface area contributed by atoms with Gasteiger partial charge in [0.1, 0.15) is 11.5 Å². The lowest BCUT2D eigenvalue weighted by atomic mass is 10.1. The fourth-order valence-electron chi connectivity index (χ4n) is 4.38. The maximum atomic E-state index is 13.5. The number of aromatic nitrogens is 4. The summed E-state index contributed by atoms with van der Waals surface area (Å²) in [5.74, 6) is -0.287. The summed E-state index contributed by atoms with van der Waals surface area (Å²) in [4.78, 5) is 20.0. The lowest BCUT2D eigenvalue weighted by Crippen LogP contribution is -2.36. The molecular weight excluding hydrogens is 419 g/mol. The number of rotatable bonds is 6. The SMILES string of the molecule is Cc1cccn2c(CNCc3cnn(-c4cccc(F)c4)c3)c(C(=O)N3CCCCC3)nc12. The van der Waals surface area contributed by atoms with Crippen molar-refractivity contribution >= 4 is 11.6 Å². The number of hydrogen-bond acceptors (Lipinski definition) is 4. The van der Waals surface area contributed by atoms with Gasteiger partial charge in [0.15, 0.2) is 5.69 Å².